The van der Waals surface area contributed by atoms with Crippen molar-refractivity contribution in [1.82, 2.24) is 19.2 Å². The zero-order valence-electron chi connectivity index (χ0n) is 15.1. The van der Waals surface area contributed by atoms with E-state index < -0.39 is 0 Å². The lowest BCUT2D eigenvalue weighted by atomic mass is 10.3. The number of rotatable bonds is 5. The first kappa shape index (κ1) is 17.4. The van der Waals surface area contributed by atoms with Crippen molar-refractivity contribution in [2.24, 2.45) is 10.2 Å². The summed E-state index contributed by atoms with van der Waals surface area (Å²) in [7, 11) is 1.58. The Morgan fingerprint density at radius 1 is 1.07 bits per heavy atom. The van der Waals surface area contributed by atoms with Gasteiger partial charge in [0.15, 0.2) is 5.78 Å². The van der Waals surface area contributed by atoms with Gasteiger partial charge >= 0.3 is 0 Å². The lowest BCUT2D eigenvalue weighted by molar-refractivity contribution is 0.100. The molecule has 9 heteroatoms. The highest BCUT2D eigenvalue weighted by Crippen LogP contribution is 2.31. The fourth-order valence-electron chi connectivity index (χ4n) is 2.72. The molecule has 0 radical (unpaired) electrons. The number of carbonyl (C=O) groups is 1. The second-order valence-electron chi connectivity index (χ2n) is 5.92. The maximum Gasteiger partial charge on any atom is 0.261 e. The van der Waals surface area contributed by atoms with Gasteiger partial charge in [0.2, 0.25) is 17.4 Å². The number of benzene rings is 2. The molecule has 1 N–H and O–H groups in total. The van der Waals surface area contributed by atoms with E-state index >= 15 is 0 Å². The van der Waals surface area contributed by atoms with E-state index in [9.17, 15) is 9.90 Å². The average Bonchev–Trinajstić information content (AvgIpc) is 3.23. The van der Waals surface area contributed by atoms with Gasteiger partial charge in [0.25, 0.3) is 5.88 Å². The monoisotopic (exact) mass is 376 g/mol. The number of ketones is 1. The van der Waals surface area contributed by atoms with Crippen LogP contribution in [0.15, 0.2) is 64.8 Å². The summed E-state index contributed by atoms with van der Waals surface area (Å²) in [5, 5.41) is 22.8. The summed E-state index contributed by atoms with van der Waals surface area (Å²) in [5.74, 6) is 0.397. The molecule has 0 fully saturated rings. The van der Waals surface area contributed by atoms with Crippen LogP contribution in [0.4, 0.5) is 11.5 Å². The van der Waals surface area contributed by atoms with Gasteiger partial charge in [-0.2, -0.15) is 9.67 Å². The number of aromatic nitrogens is 4. The number of hydrogen-bond donors (Lipinski definition) is 1. The Labute approximate surface area is 159 Å². The standard InChI is InChI=1S/C19H16N6O3/c1-12(26)16-23-25(14-8-10-15(28-2)11-9-14)19-20-18(27)17(24(16)19)22-21-13-6-4-3-5-7-13/h3-11,27H,1-2H3. The molecular weight excluding hydrogens is 360 g/mol. The topological polar surface area (TPSA) is 106 Å². The Hall–Kier alpha value is -4.01. The van der Waals surface area contributed by atoms with Crippen LogP contribution in [0.3, 0.4) is 0 Å². The van der Waals surface area contributed by atoms with Crippen LogP contribution in [0.5, 0.6) is 11.6 Å². The van der Waals surface area contributed by atoms with E-state index in [2.05, 4.69) is 20.3 Å². The second kappa shape index (κ2) is 6.95. The van der Waals surface area contributed by atoms with E-state index in [1.54, 1.807) is 43.5 Å². The SMILES string of the molecule is COc1ccc(-n2nc(C(C)=O)n3c(N=Nc4ccccc4)c(O)nc23)cc1. The lowest BCUT2D eigenvalue weighted by Gasteiger charge is -2.02. The first-order valence-corrected chi connectivity index (χ1v) is 8.41. The molecule has 0 saturated carbocycles. The van der Waals surface area contributed by atoms with Crippen molar-refractivity contribution < 1.29 is 14.6 Å². The molecule has 0 aliphatic rings. The van der Waals surface area contributed by atoms with Gasteiger partial charge in [0.05, 0.1) is 18.5 Å². The molecule has 9 nitrogen and oxygen atoms in total. The third-order valence-electron chi connectivity index (χ3n) is 4.06. The minimum absolute atomic E-state index is 0.0313. The summed E-state index contributed by atoms with van der Waals surface area (Å²) in [6.45, 7) is 1.38. The lowest BCUT2D eigenvalue weighted by Crippen LogP contribution is -2.01. The second-order valence-corrected chi connectivity index (χ2v) is 5.92. The Balaban J connectivity index is 1.88. The molecule has 4 aromatic rings. The number of imidazole rings is 1. The normalized spacial score (nSPS) is 11.4. The number of methoxy groups -OCH3 is 1. The van der Waals surface area contributed by atoms with Crippen molar-refractivity contribution in [3.05, 3.63) is 60.4 Å². The Morgan fingerprint density at radius 2 is 1.79 bits per heavy atom. The molecule has 0 bridgehead atoms. The predicted molar refractivity (Wildman–Crippen MR) is 101 cm³/mol. The number of nitrogens with zero attached hydrogens (tertiary/aromatic N) is 6. The van der Waals surface area contributed by atoms with Crippen LogP contribution >= 0.6 is 0 Å². The number of Topliss-reactive ketones (excluding diaryl/α,β-unsaturated/α-hetero) is 1. The first-order chi connectivity index (χ1) is 13.6. The van der Waals surface area contributed by atoms with Gasteiger partial charge in [-0.3, -0.25) is 4.79 Å². The molecule has 0 saturated heterocycles. The Kier molecular flexibility index (Phi) is 4.32. The number of carbonyl (C=O) groups excluding carboxylic acids is 1. The average molecular weight is 376 g/mol. The molecule has 28 heavy (non-hydrogen) atoms. The highest BCUT2D eigenvalue weighted by atomic mass is 16.5. The first-order valence-electron chi connectivity index (χ1n) is 8.41. The van der Waals surface area contributed by atoms with Crippen LogP contribution in [0.25, 0.3) is 11.5 Å². The molecular formula is C19H16N6O3. The van der Waals surface area contributed by atoms with Gasteiger partial charge in [-0.1, -0.05) is 18.2 Å². The molecule has 140 valence electrons. The molecule has 0 amide bonds. The van der Waals surface area contributed by atoms with Crippen LogP contribution in [-0.4, -0.2) is 37.2 Å². The predicted octanol–water partition coefficient (Wildman–Crippen LogP) is 3.85. The smallest absolute Gasteiger partial charge is 0.261 e. The molecule has 2 aromatic heterocycles. The summed E-state index contributed by atoms with van der Waals surface area (Å²) in [6, 6.07) is 16.1. The van der Waals surface area contributed by atoms with Crippen LogP contribution in [-0.2, 0) is 0 Å². The minimum atomic E-state index is -0.346. The molecule has 0 unspecified atom stereocenters. The summed E-state index contributed by atoms with van der Waals surface area (Å²) >= 11 is 0. The van der Waals surface area contributed by atoms with E-state index in [1.165, 1.54) is 16.0 Å². The fraction of sp³-hybridized carbons (Fsp3) is 0.105. The van der Waals surface area contributed by atoms with Gasteiger partial charge in [-0.25, -0.2) is 4.40 Å². The zero-order valence-corrected chi connectivity index (χ0v) is 15.1. The van der Waals surface area contributed by atoms with Gasteiger partial charge < -0.3 is 9.84 Å². The van der Waals surface area contributed by atoms with Crippen molar-refractivity contribution in [2.75, 3.05) is 7.11 Å². The van der Waals surface area contributed by atoms with E-state index in [1.807, 2.05) is 18.2 Å². The maximum absolute atomic E-state index is 12.1. The van der Waals surface area contributed by atoms with E-state index in [0.717, 1.165) is 0 Å². The van der Waals surface area contributed by atoms with Gasteiger partial charge in [-0.05, 0) is 36.4 Å². The van der Waals surface area contributed by atoms with Crippen LogP contribution < -0.4 is 4.74 Å². The third kappa shape index (κ3) is 2.98. The van der Waals surface area contributed by atoms with E-state index in [4.69, 9.17) is 4.74 Å². The molecule has 2 aromatic carbocycles. The summed E-state index contributed by atoms with van der Waals surface area (Å²) in [5.41, 5.74) is 1.25. The zero-order chi connectivity index (χ0) is 19.7. The van der Waals surface area contributed by atoms with Crippen LogP contribution in [0.2, 0.25) is 0 Å². The van der Waals surface area contributed by atoms with Crippen LogP contribution in [0.1, 0.15) is 17.5 Å². The molecule has 4 rings (SSSR count). The Bertz CT molecular complexity index is 1180. The van der Waals surface area contributed by atoms with Crippen molar-refractivity contribution in [3.8, 4) is 17.3 Å². The summed E-state index contributed by atoms with van der Waals surface area (Å²) in [4.78, 5) is 16.3. The maximum atomic E-state index is 12.1. The quantitative estimate of drug-likeness (QED) is 0.420. The van der Waals surface area contributed by atoms with Gasteiger partial charge in [0, 0.05) is 6.92 Å². The van der Waals surface area contributed by atoms with Crippen molar-refractivity contribution in [1.29, 1.82) is 0 Å². The molecule has 0 aliphatic carbocycles. The molecule has 0 spiro atoms. The van der Waals surface area contributed by atoms with Crippen LogP contribution in [0, 0.1) is 0 Å². The van der Waals surface area contributed by atoms with Crippen molar-refractivity contribution in [2.45, 2.75) is 6.92 Å². The van der Waals surface area contributed by atoms with Gasteiger partial charge in [0.1, 0.15) is 5.75 Å². The van der Waals surface area contributed by atoms with Crippen molar-refractivity contribution in [3.63, 3.8) is 0 Å². The molecule has 0 atom stereocenters. The highest BCUT2D eigenvalue weighted by Gasteiger charge is 2.23. The Morgan fingerprint density at radius 3 is 2.43 bits per heavy atom. The molecule has 2 heterocycles. The number of aromatic hydroxyl groups is 1. The third-order valence-corrected chi connectivity index (χ3v) is 4.06. The van der Waals surface area contributed by atoms with E-state index in [0.29, 0.717) is 17.1 Å². The number of hydrogen-bond acceptors (Lipinski definition) is 7. The van der Waals surface area contributed by atoms with Gasteiger partial charge in [-0.15, -0.1) is 15.3 Å². The highest BCUT2D eigenvalue weighted by molar-refractivity contribution is 5.92. The fourth-order valence-corrected chi connectivity index (χ4v) is 2.72. The largest absolute Gasteiger partial charge is 0.497 e. The molecule has 0 aliphatic heterocycles. The summed E-state index contributed by atoms with van der Waals surface area (Å²) < 4.78 is 8.00. The summed E-state index contributed by atoms with van der Waals surface area (Å²) in [6.07, 6.45) is 0. The number of fused-ring (bicyclic) bond motifs is 1. The minimum Gasteiger partial charge on any atom is -0.497 e. The van der Waals surface area contributed by atoms with Crippen molar-refractivity contribution >= 4 is 23.1 Å². The number of azo groups is 1. The van der Waals surface area contributed by atoms with E-state index in [-0.39, 0.29) is 29.1 Å². The number of ether oxygens (including phenoxy) is 1.